The van der Waals surface area contributed by atoms with Gasteiger partial charge in [0.25, 0.3) is 11.8 Å². The number of amides is 2. The zero-order valence-corrected chi connectivity index (χ0v) is 17.3. The topological polar surface area (TPSA) is 148 Å². The molecule has 0 atom stereocenters. The van der Waals surface area contributed by atoms with Crippen LogP contribution in [0.3, 0.4) is 0 Å². The first-order valence-corrected chi connectivity index (χ1v) is 9.40. The minimum absolute atomic E-state index is 0.0329. The molecule has 1 aliphatic rings. The number of hydrazone groups is 1. The van der Waals surface area contributed by atoms with Crippen LogP contribution in [0.5, 0.6) is 23.0 Å². The first-order valence-electron chi connectivity index (χ1n) is 9.40. The van der Waals surface area contributed by atoms with Crippen LogP contribution < -0.4 is 34.8 Å². The lowest BCUT2D eigenvalue weighted by Gasteiger charge is -2.18. The Bertz CT molecular complexity index is 1070. The molecule has 0 spiro atoms. The minimum Gasteiger partial charge on any atom is -0.545 e. The predicted octanol–water partition coefficient (Wildman–Crippen LogP) is -0.281. The normalized spacial score (nSPS) is 12.2. The molecule has 0 aromatic heterocycles. The number of rotatable bonds is 8. The van der Waals surface area contributed by atoms with Gasteiger partial charge in [0.2, 0.25) is 0 Å². The highest BCUT2D eigenvalue weighted by Crippen LogP contribution is 2.32. The van der Waals surface area contributed by atoms with Crippen molar-refractivity contribution in [2.45, 2.75) is 0 Å². The van der Waals surface area contributed by atoms with Gasteiger partial charge < -0.3 is 34.2 Å². The van der Waals surface area contributed by atoms with Gasteiger partial charge in [-0.2, -0.15) is 5.10 Å². The molecule has 0 unspecified atom stereocenters. The summed E-state index contributed by atoms with van der Waals surface area (Å²) in [5.74, 6) is -1.44. The number of methoxy groups -OCH3 is 2. The number of hydrogen-bond acceptors (Lipinski definition) is 9. The molecule has 2 N–H and O–H groups in total. The second kappa shape index (κ2) is 10.2. The molecule has 1 aliphatic heterocycles. The Hall–Kier alpha value is -4.28. The van der Waals surface area contributed by atoms with E-state index in [9.17, 15) is 19.5 Å². The highest BCUT2D eigenvalue weighted by Gasteiger charge is 2.16. The molecule has 168 valence electrons. The lowest BCUT2D eigenvalue weighted by Crippen LogP contribution is -2.35. The molecule has 11 nitrogen and oxygen atoms in total. The van der Waals surface area contributed by atoms with Crippen LogP contribution in [0.1, 0.15) is 26.3 Å². The van der Waals surface area contributed by atoms with Gasteiger partial charge in [0.1, 0.15) is 13.2 Å². The van der Waals surface area contributed by atoms with Gasteiger partial charge >= 0.3 is 0 Å². The van der Waals surface area contributed by atoms with Crippen molar-refractivity contribution < 1.29 is 38.4 Å². The van der Waals surface area contributed by atoms with E-state index in [4.69, 9.17) is 18.9 Å². The molecule has 2 aromatic carbocycles. The quantitative estimate of drug-likeness (QED) is 0.419. The molecular weight excluding hydrogens is 422 g/mol. The Morgan fingerprint density at radius 3 is 2.53 bits per heavy atom. The molecule has 0 saturated heterocycles. The van der Waals surface area contributed by atoms with Crippen LogP contribution in [0.4, 0.5) is 0 Å². The van der Waals surface area contributed by atoms with Crippen LogP contribution in [0.25, 0.3) is 0 Å². The average Bonchev–Trinajstić information content (AvgIpc) is 2.81. The van der Waals surface area contributed by atoms with Crippen molar-refractivity contribution in [1.82, 2.24) is 10.7 Å². The number of carboxylic acid groups (broad SMARTS) is 1. The number of benzene rings is 2. The molecule has 0 fully saturated rings. The Labute approximate surface area is 182 Å². The number of hydrogen-bond donors (Lipinski definition) is 2. The summed E-state index contributed by atoms with van der Waals surface area (Å²) in [6.07, 6.45) is 1.12. The lowest BCUT2D eigenvalue weighted by molar-refractivity contribution is -0.255. The van der Waals surface area contributed by atoms with Gasteiger partial charge in [-0.15, -0.1) is 0 Å². The van der Waals surface area contributed by atoms with Crippen molar-refractivity contribution in [1.29, 1.82) is 0 Å². The highest BCUT2D eigenvalue weighted by atomic mass is 16.6. The van der Waals surface area contributed by atoms with E-state index in [2.05, 4.69) is 15.8 Å². The summed E-state index contributed by atoms with van der Waals surface area (Å²) in [6, 6.07) is 7.61. The number of carbonyl (C=O) groups excluding carboxylic acids is 3. The van der Waals surface area contributed by atoms with Crippen molar-refractivity contribution >= 4 is 24.0 Å². The van der Waals surface area contributed by atoms with Gasteiger partial charge in [-0.25, -0.2) is 5.43 Å². The molecule has 0 bridgehead atoms. The summed E-state index contributed by atoms with van der Waals surface area (Å²) in [4.78, 5) is 35.8. The van der Waals surface area contributed by atoms with E-state index in [1.54, 1.807) is 12.1 Å². The second-order valence-electron chi connectivity index (χ2n) is 6.39. The number of nitrogens with one attached hydrogen (secondary N) is 2. The van der Waals surface area contributed by atoms with Gasteiger partial charge in [-0.05, 0) is 30.3 Å². The maximum atomic E-state index is 12.3. The van der Waals surface area contributed by atoms with Crippen LogP contribution in [-0.2, 0) is 4.79 Å². The number of aromatic carboxylic acids is 1. The van der Waals surface area contributed by atoms with E-state index in [0.29, 0.717) is 30.3 Å². The third-order valence-electron chi connectivity index (χ3n) is 4.39. The van der Waals surface area contributed by atoms with Gasteiger partial charge in [-0.3, -0.25) is 9.59 Å². The molecule has 2 amide bonds. The summed E-state index contributed by atoms with van der Waals surface area (Å²) < 4.78 is 21.0. The first kappa shape index (κ1) is 22.4. The number of fused-ring (bicyclic) bond motifs is 1. The van der Waals surface area contributed by atoms with Crippen molar-refractivity contribution in [3.05, 3.63) is 47.0 Å². The fraction of sp³-hybridized carbons (Fsp3) is 0.238. The van der Waals surface area contributed by atoms with E-state index < -0.39 is 17.8 Å². The summed E-state index contributed by atoms with van der Waals surface area (Å²) in [7, 11) is 2.65. The third kappa shape index (κ3) is 5.06. The number of carbonyl (C=O) groups is 3. The fourth-order valence-electron chi connectivity index (χ4n) is 2.92. The van der Waals surface area contributed by atoms with Crippen molar-refractivity contribution in [2.75, 3.05) is 34.0 Å². The molecular formula is C21H20N3O8-. The number of nitrogens with zero attached hydrogens (tertiary/aromatic N) is 1. The number of carboxylic acids is 1. The second-order valence-corrected chi connectivity index (χ2v) is 6.39. The predicted molar refractivity (Wildman–Crippen MR) is 109 cm³/mol. The summed E-state index contributed by atoms with van der Waals surface area (Å²) in [5.41, 5.74) is 2.35. The van der Waals surface area contributed by atoms with E-state index in [1.165, 1.54) is 32.4 Å². The van der Waals surface area contributed by atoms with Crippen molar-refractivity contribution in [2.24, 2.45) is 5.10 Å². The maximum absolute atomic E-state index is 12.3. The SMILES string of the molecule is COc1ccc(/C=N\NC(=O)CNC(=O)c2ccc3c(c2)OCCO3)c(C(=O)[O-])c1OC. The Morgan fingerprint density at radius 2 is 1.84 bits per heavy atom. The minimum atomic E-state index is -1.50. The zero-order chi connectivity index (χ0) is 23.1. The Morgan fingerprint density at radius 1 is 1.09 bits per heavy atom. The summed E-state index contributed by atoms with van der Waals surface area (Å²) in [6.45, 7) is 0.467. The fourth-order valence-corrected chi connectivity index (χ4v) is 2.92. The van der Waals surface area contributed by atoms with Crippen LogP contribution in [0.2, 0.25) is 0 Å². The van der Waals surface area contributed by atoms with Crippen molar-refractivity contribution in [3.8, 4) is 23.0 Å². The standard InChI is InChI=1S/C21H21N3O8/c1-29-15-6-4-13(18(21(27)28)19(15)30-2)10-23-24-17(25)11-22-20(26)12-3-5-14-16(9-12)32-8-7-31-14/h3-6,9-10H,7-8,11H2,1-2H3,(H,22,26)(H,24,25)(H,27,28)/p-1/b23-10-. The van der Waals surface area contributed by atoms with E-state index in [0.717, 1.165) is 6.21 Å². The zero-order valence-electron chi connectivity index (χ0n) is 17.3. The van der Waals surface area contributed by atoms with Crippen LogP contribution in [-0.4, -0.2) is 58.0 Å². The van der Waals surface area contributed by atoms with Gasteiger partial charge in [-0.1, -0.05) is 0 Å². The Balaban J connectivity index is 1.59. The van der Waals surface area contributed by atoms with Crippen LogP contribution in [0, 0.1) is 0 Å². The smallest absolute Gasteiger partial charge is 0.259 e. The lowest BCUT2D eigenvalue weighted by atomic mass is 10.1. The van der Waals surface area contributed by atoms with Crippen LogP contribution >= 0.6 is 0 Å². The molecule has 0 saturated carbocycles. The molecule has 0 radical (unpaired) electrons. The highest BCUT2D eigenvalue weighted by molar-refractivity contribution is 6.01. The van der Waals surface area contributed by atoms with E-state index >= 15 is 0 Å². The van der Waals surface area contributed by atoms with Crippen molar-refractivity contribution in [3.63, 3.8) is 0 Å². The van der Waals surface area contributed by atoms with Gasteiger partial charge in [0.15, 0.2) is 23.0 Å². The maximum Gasteiger partial charge on any atom is 0.259 e. The first-order chi connectivity index (χ1) is 15.4. The summed E-state index contributed by atoms with van der Waals surface area (Å²) in [5, 5.41) is 17.7. The monoisotopic (exact) mass is 442 g/mol. The third-order valence-corrected chi connectivity index (χ3v) is 4.39. The molecule has 0 aliphatic carbocycles. The molecule has 1 heterocycles. The van der Waals surface area contributed by atoms with Crippen LogP contribution in [0.15, 0.2) is 35.4 Å². The molecule has 3 rings (SSSR count). The van der Waals surface area contributed by atoms with Gasteiger partial charge in [0.05, 0.1) is 38.5 Å². The average molecular weight is 442 g/mol. The Kier molecular flexibility index (Phi) is 7.11. The summed E-state index contributed by atoms with van der Waals surface area (Å²) >= 11 is 0. The molecule has 32 heavy (non-hydrogen) atoms. The largest absolute Gasteiger partial charge is 0.545 e. The molecule has 2 aromatic rings. The van der Waals surface area contributed by atoms with Gasteiger partial charge in [0, 0.05) is 11.1 Å². The molecule has 11 heteroatoms. The van der Waals surface area contributed by atoms with E-state index in [1.807, 2.05) is 0 Å². The van der Waals surface area contributed by atoms with E-state index in [-0.39, 0.29) is 29.2 Å². The number of ether oxygens (including phenoxy) is 4.